The highest BCUT2D eigenvalue weighted by Gasteiger charge is 2.10. The van der Waals surface area contributed by atoms with Crippen LogP contribution in [-0.2, 0) is 6.42 Å². The lowest BCUT2D eigenvalue weighted by atomic mass is 10.2. The number of hydrogen-bond acceptors (Lipinski definition) is 5. The van der Waals surface area contributed by atoms with Crippen molar-refractivity contribution in [1.82, 2.24) is 15.5 Å². The van der Waals surface area contributed by atoms with Gasteiger partial charge in [-0.15, -0.1) is 21.5 Å². The zero-order valence-electron chi connectivity index (χ0n) is 11.5. The first-order valence-electron chi connectivity index (χ1n) is 6.62. The molecule has 3 aromatic rings. The van der Waals surface area contributed by atoms with Gasteiger partial charge in [-0.1, -0.05) is 17.7 Å². The lowest BCUT2D eigenvalue weighted by molar-refractivity contribution is 0.0957. The predicted molar refractivity (Wildman–Crippen MR) is 85.1 cm³/mol. The predicted octanol–water partition coefficient (Wildman–Crippen LogP) is 3.42. The molecule has 2 heterocycles. The van der Waals surface area contributed by atoms with Crippen molar-refractivity contribution in [2.45, 2.75) is 6.42 Å². The van der Waals surface area contributed by atoms with Crippen LogP contribution in [-0.4, -0.2) is 22.6 Å². The molecule has 0 aliphatic heterocycles. The standard InChI is InChI=1S/C15H12ClN3O2S/c16-11-5-3-10(4-6-11)15-19-18-13(21-15)7-8-17-14(20)12-2-1-9-22-12/h1-6,9H,7-8H2,(H,17,20). The van der Waals surface area contributed by atoms with E-state index in [-0.39, 0.29) is 5.91 Å². The molecule has 0 bridgehead atoms. The number of benzene rings is 1. The number of amides is 1. The number of aromatic nitrogens is 2. The summed E-state index contributed by atoms with van der Waals surface area (Å²) in [6, 6.07) is 10.8. The second-order valence-electron chi connectivity index (χ2n) is 4.49. The summed E-state index contributed by atoms with van der Waals surface area (Å²) in [6.45, 7) is 0.443. The Morgan fingerprint density at radius 3 is 2.77 bits per heavy atom. The molecule has 0 atom stereocenters. The molecular formula is C15H12ClN3O2S. The first kappa shape index (κ1) is 14.7. The van der Waals surface area contributed by atoms with Crippen molar-refractivity contribution in [2.75, 3.05) is 6.54 Å². The highest BCUT2D eigenvalue weighted by molar-refractivity contribution is 7.12. The largest absolute Gasteiger partial charge is 0.421 e. The minimum Gasteiger partial charge on any atom is -0.421 e. The fourth-order valence-corrected chi connectivity index (χ4v) is 2.61. The van der Waals surface area contributed by atoms with Crippen LogP contribution < -0.4 is 5.32 Å². The average Bonchev–Trinajstić information content (AvgIpc) is 3.19. The molecule has 0 radical (unpaired) electrons. The Balaban J connectivity index is 1.56. The Morgan fingerprint density at radius 1 is 1.23 bits per heavy atom. The lowest BCUT2D eigenvalue weighted by Gasteiger charge is -2.00. The SMILES string of the molecule is O=C(NCCc1nnc(-c2ccc(Cl)cc2)o1)c1cccs1. The number of thiophene rings is 1. The van der Waals surface area contributed by atoms with Gasteiger partial charge in [-0.05, 0) is 35.7 Å². The number of nitrogens with one attached hydrogen (secondary N) is 1. The molecule has 0 unspecified atom stereocenters. The second-order valence-corrected chi connectivity index (χ2v) is 5.88. The first-order chi connectivity index (χ1) is 10.7. The summed E-state index contributed by atoms with van der Waals surface area (Å²) in [5.74, 6) is 0.833. The summed E-state index contributed by atoms with van der Waals surface area (Å²) in [5, 5.41) is 13.3. The number of rotatable bonds is 5. The number of carbonyl (C=O) groups is 1. The molecule has 0 saturated carbocycles. The summed E-state index contributed by atoms with van der Waals surface area (Å²) in [6.07, 6.45) is 0.484. The van der Waals surface area contributed by atoms with Gasteiger partial charge in [0.2, 0.25) is 11.8 Å². The molecule has 1 N–H and O–H groups in total. The van der Waals surface area contributed by atoms with E-state index in [2.05, 4.69) is 15.5 Å². The van der Waals surface area contributed by atoms with Crippen molar-refractivity contribution in [3.63, 3.8) is 0 Å². The molecule has 112 valence electrons. The Kier molecular flexibility index (Phi) is 4.50. The number of hydrogen-bond donors (Lipinski definition) is 1. The Morgan fingerprint density at radius 2 is 2.05 bits per heavy atom. The van der Waals surface area contributed by atoms with Crippen molar-refractivity contribution in [2.24, 2.45) is 0 Å². The van der Waals surface area contributed by atoms with E-state index in [1.807, 2.05) is 23.6 Å². The lowest BCUT2D eigenvalue weighted by Crippen LogP contribution is -2.24. The molecule has 1 amide bonds. The molecule has 7 heteroatoms. The summed E-state index contributed by atoms with van der Waals surface area (Å²) in [4.78, 5) is 12.5. The van der Waals surface area contributed by atoms with Crippen molar-refractivity contribution in [3.05, 3.63) is 57.6 Å². The Hall–Kier alpha value is -2.18. The monoisotopic (exact) mass is 333 g/mol. The van der Waals surface area contributed by atoms with E-state index in [9.17, 15) is 4.79 Å². The highest BCUT2D eigenvalue weighted by Crippen LogP contribution is 2.20. The van der Waals surface area contributed by atoms with E-state index in [4.69, 9.17) is 16.0 Å². The zero-order valence-corrected chi connectivity index (χ0v) is 13.0. The van der Waals surface area contributed by atoms with E-state index in [1.165, 1.54) is 11.3 Å². The van der Waals surface area contributed by atoms with Gasteiger partial charge in [0, 0.05) is 23.6 Å². The fraction of sp³-hybridized carbons (Fsp3) is 0.133. The molecule has 22 heavy (non-hydrogen) atoms. The van der Waals surface area contributed by atoms with Crippen molar-refractivity contribution in [3.8, 4) is 11.5 Å². The number of halogens is 1. The third-order valence-electron chi connectivity index (χ3n) is 2.93. The van der Waals surface area contributed by atoms with Crippen LogP contribution in [0.4, 0.5) is 0 Å². The average molecular weight is 334 g/mol. The molecule has 2 aromatic heterocycles. The van der Waals surface area contributed by atoms with Gasteiger partial charge in [0.05, 0.1) is 4.88 Å². The van der Waals surface area contributed by atoms with Crippen LogP contribution in [0.15, 0.2) is 46.2 Å². The van der Waals surface area contributed by atoms with Gasteiger partial charge in [-0.25, -0.2) is 0 Å². The first-order valence-corrected chi connectivity index (χ1v) is 7.88. The molecule has 1 aromatic carbocycles. The van der Waals surface area contributed by atoms with Gasteiger partial charge in [0.15, 0.2) is 0 Å². The van der Waals surface area contributed by atoms with Crippen LogP contribution in [0.2, 0.25) is 5.02 Å². The number of carbonyl (C=O) groups excluding carboxylic acids is 1. The van der Waals surface area contributed by atoms with Crippen LogP contribution in [0.1, 0.15) is 15.6 Å². The van der Waals surface area contributed by atoms with Gasteiger partial charge >= 0.3 is 0 Å². The number of nitrogens with zero attached hydrogens (tertiary/aromatic N) is 2. The quantitative estimate of drug-likeness (QED) is 0.776. The second kappa shape index (κ2) is 6.72. The maximum absolute atomic E-state index is 11.8. The third-order valence-corrected chi connectivity index (χ3v) is 4.05. The van der Waals surface area contributed by atoms with Crippen molar-refractivity contribution < 1.29 is 9.21 Å². The summed E-state index contributed by atoms with van der Waals surface area (Å²) < 4.78 is 5.57. The van der Waals surface area contributed by atoms with Gasteiger partial charge in [0.1, 0.15) is 0 Å². The van der Waals surface area contributed by atoms with Crippen LogP contribution in [0.5, 0.6) is 0 Å². The normalized spacial score (nSPS) is 10.6. The highest BCUT2D eigenvalue weighted by atomic mass is 35.5. The Labute approximate surface area is 135 Å². The minimum absolute atomic E-state index is 0.0903. The maximum Gasteiger partial charge on any atom is 0.261 e. The van der Waals surface area contributed by atoms with E-state index in [0.29, 0.717) is 34.6 Å². The molecule has 0 aliphatic carbocycles. The molecule has 3 rings (SSSR count). The van der Waals surface area contributed by atoms with E-state index in [1.54, 1.807) is 18.2 Å². The van der Waals surface area contributed by atoms with Gasteiger partial charge in [-0.3, -0.25) is 4.79 Å². The van der Waals surface area contributed by atoms with Crippen LogP contribution >= 0.6 is 22.9 Å². The van der Waals surface area contributed by atoms with Crippen molar-refractivity contribution >= 4 is 28.8 Å². The van der Waals surface area contributed by atoms with Crippen LogP contribution in [0.25, 0.3) is 11.5 Å². The molecule has 0 aliphatic rings. The van der Waals surface area contributed by atoms with Crippen LogP contribution in [0.3, 0.4) is 0 Å². The Bertz CT molecular complexity index is 753. The van der Waals surface area contributed by atoms with Gasteiger partial charge in [-0.2, -0.15) is 0 Å². The van der Waals surface area contributed by atoms with Crippen LogP contribution in [0, 0.1) is 0 Å². The molecule has 0 spiro atoms. The smallest absolute Gasteiger partial charge is 0.261 e. The fourth-order valence-electron chi connectivity index (χ4n) is 1.84. The van der Waals surface area contributed by atoms with Crippen molar-refractivity contribution in [1.29, 1.82) is 0 Å². The minimum atomic E-state index is -0.0903. The molecule has 0 fully saturated rings. The maximum atomic E-state index is 11.8. The molecule has 0 saturated heterocycles. The van der Waals surface area contributed by atoms with E-state index < -0.39 is 0 Å². The molecule has 5 nitrogen and oxygen atoms in total. The molecular weight excluding hydrogens is 322 g/mol. The summed E-state index contributed by atoms with van der Waals surface area (Å²) >= 11 is 7.24. The summed E-state index contributed by atoms with van der Waals surface area (Å²) in [5.41, 5.74) is 0.811. The van der Waals surface area contributed by atoms with E-state index in [0.717, 1.165) is 5.56 Å². The third kappa shape index (κ3) is 3.52. The van der Waals surface area contributed by atoms with Gasteiger partial charge < -0.3 is 9.73 Å². The van der Waals surface area contributed by atoms with Gasteiger partial charge in [0.25, 0.3) is 5.91 Å². The van der Waals surface area contributed by atoms with E-state index >= 15 is 0 Å². The zero-order chi connectivity index (χ0) is 15.4. The summed E-state index contributed by atoms with van der Waals surface area (Å²) in [7, 11) is 0. The topological polar surface area (TPSA) is 68.0 Å².